The van der Waals surface area contributed by atoms with Crippen LogP contribution in [-0.4, -0.2) is 28.2 Å². The molecule has 1 amide bonds. The molecule has 0 aliphatic rings. The van der Waals surface area contributed by atoms with E-state index in [1.54, 1.807) is 6.07 Å². The van der Waals surface area contributed by atoms with Crippen molar-refractivity contribution in [2.45, 2.75) is 13.0 Å². The Kier molecular flexibility index (Phi) is 5.54. The fourth-order valence-electron chi connectivity index (χ4n) is 1.82. The van der Waals surface area contributed by atoms with Crippen LogP contribution in [0.15, 0.2) is 36.4 Å². The Morgan fingerprint density at radius 3 is 2.46 bits per heavy atom. The summed E-state index contributed by atoms with van der Waals surface area (Å²) in [6.45, 7) is 1.50. The number of hydrogen-bond acceptors (Lipinski definition) is 4. The van der Waals surface area contributed by atoms with Gasteiger partial charge in [-0.2, -0.15) is 0 Å². The number of nitrogens with one attached hydrogen (secondary N) is 1. The molecule has 0 aliphatic heterocycles. The van der Waals surface area contributed by atoms with Gasteiger partial charge in [-0.3, -0.25) is 4.79 Å². The van der Waals surface area contributed by atoms with E-state index in [4.69, 9.17) is 33.0 Å². The summed E-state index contributed by atoms with van der Waals surface area (Å²) < 4.78 is 5.46. The van der Waals surface area contributed by atoms with Crippen LogP contribution in [0.25, 0.3) is 0 Å². The number of halogens is 2. The van der Waals surface area contributed by atoms with Crippen molar-refractivity contribution in [1.82, 2.24) is 0 Å². The van der Waals surface area contributed by atoms with Crippen molar-refractivity contribution < 1.29 is 24.5 Å². The normalized spacial score (nSPS) is 11.6. The van der Waals surface area contributed by atoms with Crippen molar-refractivity contribution in [3.63, 3.8) is 0 Å². The fourth-order valence-corrected chi connectivity index (χ4v) is 2.27. The maximum absolute atomic E-state index is 12.1. The van der Waals surface area contributed by atoms with Crippen LogP contribution in [0.1, 0.15) is 17.3 Å². The highest BCUT2D eigenvalue weighted by Crippen LogP contribution is 2.29. The lowest BCUT2D eigenvalue weighted by molar-refractivity contribution is -0.122. The average molecular weight is 370 g/mol. The zero-order valence-corrected chi connectivity index (χ0v) is 13.9. The predicted octanol–water partition coefficient (Wildman–Crippen LogP) is 3.80. The summed E-state index contributed by atoms with van der Waals surface area (Å²) in [7, 11) is 0. The Bertz CT molecular complexity index is 794. The summed E-state index contributed by atoms with van der Waals surface area (Å²) in [5.41, 5.74) is -0.0228. The minimum atomic E-state index is -1.18. The molecule has 0 saturated heterocycles. The van der Waals surface area contributed by atoms with Crippen LogP contribution in [0.4, 0.5) is 5.69 Å². The van der Waals surface area contributed by atoms with Crippen LogP contribution in [-0.2, 0) is 4.79 Å². The van der Waals surface area contributed by atoms with Gasteiger partial charge in [-0.25, -0.2) is 4.79 Å². The SMILES string of the molecule is CC(Oc1ccc(Cl)cc1Cl)C(=O)Nc1ccc(C(=O)O)cc1O. The minimum absolute atomic E-state index is 0.0719. The molecule has 0 fully saturated rings. The third-order valence-electron chi connectivity index (χ3n) is 3.07. The number of aromatic hydroxyl groups is 1. The van der Waals surface area contributed by atoms with Gasteiger partial charge in [0, 0.05) is 5.02 Å². The molecule has 8 heteroatoms. The zero-order chi connectivity index (χ0) is 17.9. The molecule has 126 valence electrons. The Hall–Kier alpha value is -2.44. The van der Waals surface area contributed by atoms with Crippen LogP contribution < -0.4 is 10.1 Å². The molecular weight excluding hydrogens is 357 g/mol. The quantitative estimate of drug-likeness (QED) is 0.696. The number of amides is 1. The number of rotatable bonds is 5. The van der Waals surface area contributed by atoms with E-state index in [1.165, 1.54) is 31.2 Å². The zero-order valence-electron chi connectivity index (χ0n) is 12.4. The van der Waals surface area contributed by atoms with Crippen LogP contribution >= 0.6 is 23.2 Å². The molecule has 1 atom stereocenters. The van der Waals surface area contributed by atoms with Gasteiger partial charge in [-0.1, -0.05) is 23.2 Å². The lowest BCUT2D eigenvalue weighted by Crippen LogP contribution is -2.30. The highest BCUT2D eigenvalue weighted by molar-refractivity contribution is 6.35. The first-order valence-electron chi connectivity index (χ1n) is 6.77. The lowest BCUT2D eigenvalue weighted by Gasteiger charge is -2.16. The molecule has 0 saturated carbocycles. The summed E-state index contributed by atoms with van der Waals surface area (Å²) in [6.07, 6.45) is -0.915. The first-order valence-corrected chi connectivity index (χ1v) is 7.52. The Labute approximate surface area is 147 Å². The van der Waals surface area contributed by atoms with Crippen molar-refractivity contribution in [2.75, 3.05) is 5.32 Å². The first-order chi connectivity index (χ1) is 11.3. The summed E-state index contributed by atoms with van der Waals surface area (Å²) in [4.78, 5) is 22.9. The van der Waals surface area contributed by atoms with Gasteiger partial charge in [-0.05, 0) is 43.3 Å². The topological polar surface area (TPSA) is 95.9 Å². The Morgan fingerprint density at radius 2 is 1.88 bits per heavy atom. The van der Waals surface area contributed by atoms with Crippen LogP contribution in [0, 0.1) is 0 Å². The third-order valence-corrected chi connectivity index (χ3v) is 3.60. The maximum Gasteiger partial charge on any atom is 0.335 e. The Morgan fingerprint density at radius 1 is 1.17 bits per heavy atom. The molecule has 0 aromatic heterocycles. The second kappa shape index (κ2) is 7.42. The van der Waals surface area contributed by atoms with Gasteiger partial charge in [0.05, 0.1) is 16.3 Å². The van der Waals surface area contributed by atoms with E-state index < -0.39 is 18.0 Å². The van der Waals surface area contributed by atoms with Gasteiger partial charge in [0.2, 0.25) is 0 Å². The van der Waals surface area contributed by atoms with Crippen molar-refractivity contribution in [1.29, 1.82) is 0 Å². The van der Waals surface area contributed by atoms with Gasteiger partial charge in [-0.15, -0.1) is 0 Å². The molecule has 0 heterocycles. The number of phenolic OH excluding ortho intramolecular Hbond substituents is 1. The minimum Gasteiger partial charge on any atom is -0.506 e. The summed E-state index contributed by atoms with van der Waals surface area (Å²) in [5, 5.41) is 21.8. The van der Waals surface area contributed by atoms with E-state index in [-0.39, 0.29) is 27.8 Å². The third kappa shape index (κ3) is 4.31. The summed E-state index contributed by atoms with van der Waals surface area (Å²) >= 11 is 11.8. The number of carbonyl (C=O) groups is 2. The average Bonchev–Trinajstić information content (AvgIpc) is 2.51. The van der Waals surface area contributed by atoms with Gasteiger partial charge in [0.25, 0.3) is 5.91 Å². The number of aromatic carboxylic acids is 1. The summed E-state index contributed by atoms with van der Waals surface area (Å²) in [5.74, 6) is -1.80. The van der Waals surface area contributed by atoms with Crippen molar-refractivity contribution in [3.05, 3.63) is 52.0 Å². The van der Waals surface area contributed by atoms with E-state index in [9.17, 15) is 14.7 Å². The number of carboxylic acid groups (broad SMARTS) is 1. The molecule has 0 bridgehead atoms. The summed E-state index contributed by atoms with van der Waals surface area (Å²) in [6, 6.07) is 8.19. The molecule has 24 heavy (non-hydrogen) atoms. The first kappa shape index (κ1) is 17.9. The largest absolute Gasteiger partial charge is 0.506 e. The molecule has 3 N–H and O–H groups in total. The number of anilines is 1. The molecule has 0 radical (unpaired) electrons. The van der Waals surface area contributed by atoms with Gasteiger partial charge in [0.1, 0.15) is 11.5 Å². The van der Waals surface area contributed by atoms with Gasteiger partial charge in [0.15, 0.2) is 6.10 Å². The second-order valence-corrected chi connectivity index (χ2v) is 5.70. The van der Waals surface area contributed by atoms with Crippen LogP contribution in [0.3, 0.4) is 0 Å². The van der Waals surface area contributed by atoms with E-state index >= 15 is 0 Å². The van der Waals surface area contributed by atoms with Crippen LogP contribution in [0.5, 0.6) is 11.5 Å². The van der Waals surface area contributed by atoms with E-state index in [0.717, 1.165) is 6.07 Å². The van der Waals surface area contributed by atoms with Crippen molar-refractivity contribution in [2.24, 2.45) is 0 Å². The molecule has 2 aromatic carbocycles. The molecule has 2 rings (SSSR count). The van der Waals surface area contributed by atoms with Crippen molar-refractivity contribution in [3.8, 4) is 11.5 Å². The Balaban J connectivity index is 2.07. The molecule has 0 aliphatic carbocycles. The number of benzene rings is 2. The molecule has 0 spiro atoms. The molecule has 2 aromatic rings. The fraction of sp³-hybridized carbons (Fsp3) is 0.125. The molecule has 6 nitrogen and oxygen atoms in total. The second-order valence-electron chi connectivity index (χ2n) is 4.86. The van der Waals surface area contributed by atoms with E-state index in [1.807, 2.05) is 0 Å². The monoisotopic (exact) mass is 369 g/mol. The van der Waals surface area contributed by atoms with E-state index in [2.05, 4.69) is 5.32 Å². The van der Waals surface area contributed by atoms with Crippen LogP contribution in [0.2, 0.25) is 10.0 Å². The number of phenols is 1. The maximum atomic E-state index is 12.1. The van der Waals surface area contributed by atoms with Gasteiger partial charge >= 0.3 is 5.97 Å². The van der Waals surface area contributed by atoms with E-state index in [0.29, 0.717) is 5.02 Å². The number of ether oxygens (including phenoxy) is 1. The number of carbonyl (C=O) groups excluding carboxylic acids is 1. The molecule has 1 unspecified atom stereocenters. The predicted molar refractivity (Wildman–Crippen MR) is 90.2 cm³/mol. The molecular formula is C16H13Cl2NO5. The number of hydrogen-bond donors (Lipinski definition) is 3. The highest BCUT2D eigenvalue weighted by atomic mass is 35.5. The van der Waals surface area contributed by atoms with Crippen molar-refractivity contribution >= 4 is 40.8 Å². The smallest absolute Gasteiger partial charge is 0.335 e. The van der Waals surface area contributed by atoms with Gasteiger partial charge < -0.3 is 20.3 Å². The standard InChI is InChI=1S/C16H13Cl2NO5/c1-8(24-14-5-3-10(17)7-11(14)18)15(21)19-12-4-2-9(16(22)23)6-13(12)20/h2-8,20H,1H3,(H,19,21)(H,22,23). The highest BCUT2D eigenvalue weighted by Gasteiger charge is 2.18. The number of carboxylic acids is 1. The lowest BCUT2D eigenvalue weighted by atomic mass is 10.2.